The lowest BCUT2D eigenvalue weighted by atomic mass is 10.1. The fourth-order valence-electron chi connectivity index (χ4n) is 1.99. The molecule has 0 aliphatic carbocycles. The molecule has 4 nitrogen and oxygen atoms in total. The van der Waals surface area contributed by atoms with Gasteiger partial charge < -0.3 is 4.90 Å². The van der Waals surface area contributed by atoms with E-state index in [9.17, 15) is 4.79 Å². The second-order valence-corrected chi connectivity index (χ2v) is 4.92. The van der Waals surface area contributed by atoms with Gasteiger partial charge >= 0.3 is 0 Å². The molecule has 0 aliphatic rings. The minimum absolute atomic E-state index is 0.151. The Morgan fingerprint density at radius 1 is 1.15 bits per heavy atom. The molecule has 20 heavy (non-hydrogen) atoms. The Kier molecular flexibility index (Phi) is 7.43. The highest BCUT2D eigenvalue weighted by molar-refractivity contribution is 5.92. The van der Waals surface area contributed by atoms with Gasteiger partial charge in [-0.2, -0.15) is 0 Å². The summed E-state index contributed by atoms with van der Waals surface area (Å²) in [5, 5.41) is 8.58. The van der Waals surface area contributed by atoms with E-state index in [1.807, 2.05) is 37.4 Å². The number of carbonyl (C=O) groups excluding carboxylic acids is 1. The smallest absolute Gasteiger partial charge is 0.226 e. The van der Waals surface area contributed by atoms with E-state index in [2.05, 4.69) is 12.1 Å². The van der Waals surface area contributed by atoms with Gasteiger partial charge in [0, 0.05) is 24.9 Å². The Labute approximate surface area is 121 Å². The van der Waals surface area contributed by atoms with E-state index >= 15 is 0 Å². The van der Waals surface area contributed by atoms with Crippen LogP contribution in [0.3, 0.4) is 0 Å². The van der Waals surface area contributed by atoms with Crippen molar-refractivity contribution in [3.05, 3.63) is 42.6 Å². The first kappa shape index (κ1) is 16.2. The number of rotatable bonds is 9. The standard InChI is InChI=1S/C16H24N2O2/c1-14(17-20)10-6-3-4-9-13-16(19)18(2)15-11-7-5-8-12-15/h5,7-8,11-12,17,20H,1,3-4,6,9-10,13H2,2H3. The van der Waals surface area contributed by atoms with Gasteiger partial charge in [-0.25, -0.2) is 0 Å². The molecular formula is C16H24N2O2. The Morgan fingerprint density at radius 2 is 1.75 bits per heavy atom. The lowest BCUT2D eigenvalue weighted by Gasteiger charge is -2.17. The molecule has 0 saturated heterocycles. The number of amides is 1. The van der Waals surface area contributed by atoms with Crippen molar-refractivity contribution in [2.24, 2.45) is 0 Å². The maximum absolute atomic E-state index is 12.0. The monoisotopic (exact) mass is 276 g/mol. The summed E-state index contributed by atoms with van der Waals surface area (Å²) in [4.78, 5) is 13.7. The molecule has 0 saturated carbocycles. The number of nitrogens with zero attached hydrogens (tertiary/aromatic N) is 1. The fraction of sp³-hybridized carbons (Fsp3) is 0.438. The molecule has 0 unspecified atom stereocenters. The summed E-state index contributed by atoms with van der Waals surface area (Å²) in [5.41, 5.74) is 3.63. The largest absolute Gasteiger partial charge is 0.316 e. The van der Waals surface area contributed by atoms with E-state index in [4.69, 9.17) is 5.21 Å². The summed E-state index contributed by atoms with van der Waals surface area (Å²) in [6.45, 7) is 3.65. The van der Waals surface area contributed by atoms with Crippen LogP contribution in [0.1, 0.15) is 38.5 Å². The Bertz CT molecular complexity index is 418. The number of nitrogens with one attached hydrogen (secondary N) is 1. The van der Waals surface area contributed by atoms with E-state index in [1.165, 1.54) is 0 Å². The molecule has 1 amide bonds. The normalized spacial score (nSPS) is 10.1. The minimum atomic E-state index is 0.151. The number of hydrogen-bond donors (Lipinski definition) is 2. The van der Waals surface area contributed by atoms with Crippen LogP contribution in [0.25, 0.3) is 0 Å². The molecule has 0 bridgehead atoms. The zero-order valence-electron chi connectivity index (χ0n) is 12.1. The third-order valence-electron chi connectivity index (χ3n) is 3.29. The second-order valence-electron chi connectivity index (χ2n) is 4.92. The highest BCUT2D eigenvalue weighted by Crippen LogP contribution is 2.14. The van der Waals surface area contributed by atoms with Crippen LogP contribution in [0.4, 0.5) is 5.69 Å². The highest BCUT2D eigenvalue weighted by atomic mass is 16.5. The van der Waals surface area contributed by atoms with E-state index in [0.29, 0.717) is 12.1 Å². The summed E-state index contributed by atoms with van der Waals surface area (Å²) in [7, 11) is 1.81. The summed E-state index contributed by atoms with van der Waals surface area (Å²) in [5.74, 6) is 0.151. The summed E-state index contributed by atoms with van der Waals surface area (Å²) < 4.78 is 0. The molecule has 1 aromatic carbocycles. The number of unbranched alkanes of at least 4 members (excludes halogenated alkanes) is 3. The number of hydrogen-bond acceptors (Lipinski definition) is 3. The maximum atomic E-state index is 12.0. The summed E-state index contributed by atoms with van der Waals surface area (Å²) >= 11 is 0. The van der Waals surface area contributed by atoms with Crippen LogP contribution >= 0.6 is 0 Å². The molecule has 0 fully saturated rings. The third kappa shape index (κ3) is 5.89. The number of hydroxylamine groups is 1. The van der Waals surface area contributed by atoms with Gasteiger partial charge in [-0.05, 0) is 31.4 Å². The van der Waals surface area contributed by atoms with Gasteiger partial charge in [0.25, 0.3) is 0 Å². The Morgan fingerprint density at radius 3 is 2.35 bits per heavy atom. The molecule has 1 aromatic rings. The van der Waals surface area contributed by atoms with Gasteiger partial charge in [0.15, 0.2) is 0 Å². The molecule has 0 aliphatic heterocycles. The molecule has 2 N–H and O–H groups in total. The maximum Gasteiger partial charge on any atom is 0.226 e. The van der Waals surface area contributed by atoms with Gasteiger partial charge in [-0.1, -0.05) is 37.6 Å². The average Bonchev–Trinajstić information content (AvgIpc) is 2.50. The van der Waals surface area contributed by atoms with Crippen molar-refractivity contribution < 1.29 is 10.0 Å². The van der Waals surface area contributed by atoms with Gasteiger partial charge in [-0.15, -0.1) is 0 Å². The van der Waals surface area contributed by atoms with E-state index in [1.54, 1.807) is 4.90 Å². The number of anilines is 1. The molecule has 110 valence electrons. The van der Waals surface area contributed by atoms with Gasteiger partial charge in [0.05, 0.1) is 0 Å². The molecule has 0 aromatic heterocycles. The summed E-state index contributed by atoms with van der Waals surface area (Å²) in [6, 6.07) is 9.68. The quantitative estimate of drug-likeness (QED) is 0.536. The number of carbonyl (C=O) groups is 1. The molecule has 1 rings (SSSR count). The van der Waals surface area contributed by atoms with Gasteiger partial charge in [-0.3, -0.25) is 15.5 Å². The van der Waals surface area contributed by atoms with Gasteiger partial charge in [0.1, 0.15) is 0 Å². The number of benzene rings is 1. The van der Waals surface area contributed by atoms with E-state index in [-0.39, 0.29) is 5.91 Å². The first-order valence-electron chi connectivity index (χ1n) is 7.04. The highest BCUT2D eigenvalue weighted by Gasteiger charge is 2.09. The first-order valence-corrected chi connectivity index (χ1v) is 7.04. The van der Waals surface area contributed by atoms with Crippen LogP contribution in [0.5, 0.6) is 0 Å². The van der Waals surface area contributed by atoms with E-state index in [0.717, 1.165) is 37.8 Å². The summed E-state index contributed by atoms with van der Waals surface area (Å²) in [6.07, 6.45) is 5.29. The van der Waals surface area contributed by atoms with Crippen molar-refractivity contribution in [2.45, 2.75) is 38.5 Å². The van der Waals surface area contributed by atoms with Crippen molar-refractivity contribution in [3.8, 4) is 0 Å². The van der Waals surface area contributed by atoms with Gasteiger partial charge in [0.2, 0.25) is 5.91 Å². The molecule has 0 radical (unpaired) electrons. The van der Waals surface area contributed by atoms with Crippen LogP contribution in [0.2, 0.25) is 0 Å². The Hall–Kier alpha value is -1.81. The zero-order chi connectivity index (χ0) is 14.8. The molecular weight excluding hydrogens is 252 g/mol. The van der Waals surface area contributed by atoms with Crippen LogP contribution in [-0.2, 0) is 4.79 Å². The predicted octanol–water partition coefficient (Wildman–Crippen LogP) is 3.48. The minimum Gasteiger partial charge on any atom is -0.316 e. The SMILES string of the molecule is C=C(CCCCCCC(=O)N(C)c1ccccc1)NO. The second kappa shape index (κ2) is 9.15. The van der Waals surface area contributed by atoms with Crippen LogP contribution in [0, 0.1) is 0 Å². The molecule has 4 heteroatoms. The number of para-hydroxylation sites is 1. The van der Waals surface area contributed by atoms with Crippen molar-refractivity contribution in [3.63, 3.8) is 0 Å². The zero-order valence-corrected chi connectivity index (χ0v) is 12.1. The first-order chi connectivity index (χ1) is 9.65. The van der Waals surface area contributed by atoms with Crippen molar-refractivity contribution in [2.75, 3.05) is 11.9 Å². The lowest BCUT2D eigenvalue weighted by Crippen LogP contribution is -2.25. The fourth-order valence-corrected chi connectivity index (χ4v) is 1.99. The predicted molar refractivity (Wildman–Crippen MR) is 81.6 cm³/mol. The van der Waals surface area contributed by atoms with Crippen LogP contribution in [0.15, 0.2) is 42.6 Å². The Balaban J connectivity index is 2.16. The van der Waals surface area contributed by atoms with Crippen LogP contribution < -0.4 is 10.4 Å². The molecule has 0 atom stereocenters. The average molecular weight is 276 g/mol. The van der Waals surface area contributed by atoms with E-state index < -0.39 is 0 Å². The van der Waals surface area contributed by atoms with Crippen LogP contribution in [-0.4, -0.2) is 18.2 Å². The topological polar surface area (TPSA) is 52.6 Å². The third-order valence-corrected chi connectivity index (χ3v) is 3.29. The molecule has 0 spiro atoms. The van der Waals surface area contributed by atoms with Crippen molar-refractivity contribution in [1.29, 1.82) is 0 Å². The lowest BCUT2D eigenvalue weighted by molar-refractivity contribution is -0.118. The van der Waals surface area contributed by atoms with Crippen molar-refractivity contribution in [1.82, 2.24) is 5.48 Å². The van der Waals surface area contributed by atoms with Crippen molar-refractivity contribution >= 4 is 11.6 Å². The molecule has 0 heterocycles. The number of allylic oxidation sites excluding steroid dienone is 1.